The van der Waals surface area contributed by atoms with Gasteiger partial charge in [0.05, 0.1) is 6.54 Å². The van der Waals surface area contributed by atoms with Crippen molar-refractivity contribution in [2.24, 2.45) is 0 Å². The van der Waals surface area contributed by atoms with Crippen molar-refractivity contribution in [1.82, 2.24) is 15.1 Å². The number of hydrogen-bond donors (Lipinski definition) is 1. The summed E-state index contributed by atoms with van der Waals surface area (Å²) in [6, 6.07) is 10.9. The molecule has 3 heteroatoms. The molecule has 0 bridgehead atoms. The third kappa shape index (κ3) is 3.04. The molecule has 0 spiro atoms. The molecular formula is C16H21N3. The van der Waals surface area contributed by atoms with Gasteiger partial charge < -0.3 is 5.32 Å². The van der Waals surface area contributed by atoms with Crippen molar-refractivity contribution in [3.8, 4) is 0 Å². The van der Waals surface area contributed by atoms with Crippen LogP contribution < -0.4 is 5.32 Å². The average molecular weight is 255 g/mol. The second kappa shape index (κ2) is 6.02. The lowest BCUT2D eigenvalue weighted by Crippen LogP contribution is -2.27. The number of nitrogens with zero attached hydrogens (tertiary/aromatic N) is 2. The van der Waals surface area contributed by atoms with Crippen molar-refractivity contribution in [1.29, 1.82) is 0 Å². The number of hydrogen-bond acceptors (Lipinski definition) is 2. The van der Waals surface area contributed by atoms with E-state index < -0.39 is 0 Å². The molecule has 0 saturated heterocycles. The van der Waals surface area contributed by atoms with Crippen LogP contribution in [0.4, 0.5) is 0 Å². The van der Waals surface area contributed by atoms with Crippen molar-refractivity contribution >= 4 is 0 Å². The Bertz CT molecular complexity index is 504. The Morgan fingerprint density at radius 2 is 2.21 bits per heavy atom. The minimum Gasteiger partial charge on any atom is -0.314 e. The molecule has 0 fully saturated rings. The van der Waals surface area contributed by atoms with E-state index in [0.717, 1.165) is 19.6 Å². The van der Waals surface area contributed by atoms with Gasteiger partial charge in [-0.1, -0.05) is 24.3 Å². The summed E-state index contributed by atoms with van der Waals surface area (Å²) < 4.78 is 1.97. The van der Waals surface area contributed by atoms with Crippen LogP contribution in [0, 0.1) is 0 Å². The Hall–Kier alpha value is -1.61. The van der Waals surface area contributed by atoms with Gasteiger partial charge in [-0.2, -0.15) is 5.10 Å². The molecule has 0 saturated carbocycles. The van der Waals surface area contributed by atoms with Gasteiger partial charge in [0.25, 0.3) is 0 Å². The van der Waals surface area contributed by atoms with Gasteiger partial charge in [-0.15, -0.1) is 0 Å². The number of fused-ring (bicyclic) bond motifs is 1. The Morgan fingerprint density at radius 1 is 1.26 bits per heavy atom. The summed E-state index contributed by atoms with van der Waals surface area (Å²) in [5, 5.41) is 7.79. The topological polar surface area (TPSA) is 29.9 Å². The molecule has 1 aromatic heterocycles. The largest absolute Gasteiger partial charge is 0.314 e. The molecule has 19 heavy (non-hydrogen) atoms. The van der Waals surface area contributed by atoms with E-state index in [2.05, 4.69) is 34.7 Å². The molecule has 0 aliphatic heterocycles. The summed E-state index contributed by atoms with van der Waals surface area (Å²) in [4.78, 5) is 0. The maximum Gasteiger partial charge on any atom is 0.0533 e. The molecular weight excluding hydrogens is 234 g/mol. The van der Waals surface area contributed by atoms with Crippen LogP contribution in [0.3, 0.4) is 0 Å². The predicted molar refractivity (Wildman–Crippen MR) is 77.2 cm³/mol. The van der Waals surface area contributed by atoms with Crippen molar-refractivity contribution in [2.75, 3.05) is 13.1 Å². The van der Waals surface area contributed by atoms with Crippen molar-refractivity contribution in [3.05, 3.63) is 53.9 Å². The van der Waals surface area contributed by atoms with Gasteiger partial charge in [-0.05, 0) is 42.4 Å². The number of rotatable bonds is 5. The predicted octanol–water partition coefficient (Wildman–Crippen LogP) is 2.59. The van der Waals surface area contributed by atoms with Crippen LogP contribution in [0.1, 0.15) is 29.9 Å². The lowest BCUT2D eigenvalue weighted by molar-refractivity contribution is 0.484. The van der Waals surface area contributed by atoms with Crippen LogP contribution in [0.15, 0.2) is 42.7 Å². The first-order valence-electron chi connectivity index (χ1n) is 7.19. The third-order valence-electron chi connectivity index (χ3n) is 3.96. The Balaban J connectivity index is 1.51. The fourth-order valence-corrected chi connectivity index (χ4v) is 2.97. The zero-order valence-corrected chi connectivity index (χ0v) is 11.3. The molecule has 1 aliphatic carbocycles. The molecule has 1 atom stereocenters. The number of aryl methyl sites for hydroxylation is 1. The molecule has 100 valence electrons. The normalized spacial score (nSPS) is 18.2. The molecule has 2 aromatic rings. The molecule has 1 heterocycles. The Morgan fingerprint density at radius 3 is 3.11 bits per heavy atom. The van der Waals surface area contributed by atoms with E-state index in [9.17, 15) is 0 Å². The SMILES string of the molecule is c1ccc2c(c1)CCCC2CNCCn1cccn1. The van der Waals surface area contributed by atoms with E-state index in [-0.39, 0.29) is 0 Å². The second-order valence-electron chi connectivity index (χ2n) is 5.26. The van der Waals surface area contributed by atoms with E-state index >= 15 is 0 Å². The van der Waals surface area contributed by atoms with Gasteiger partial charge in [0.15, 0.2) is 0 Å². The molecule has 1 unspecified atom stereocenters. The first-order valence-corrected chi connectivity index (χ1v) is 7.19. The van der Waals surface area contributed by atoms with Crippen LogP contribution >= 0.6 is 0 Å². The second-order valence-corrected chi connectivity index (χ2v) is 5.26. The van der Waals surface area contributed by atoms with Gasteiger partial charge >= 0.3 is 0 Å². The molecule has 1 aromatic carbocycles. The first-order chi connectivity index (χ1) is 9.43. The summed E-state index contributed by atoms with van der Waals surface area (Å²) >= 11 is 0. The van der Waals surface area contributed by atoms with E-state index in [1.165, 1.54) is 19.3 Å². The highest BCUT2D eigenvalue weighted by molar-refractivity contribution is 5.32. The van der Waals surface area contributed by atoms with Gasteiger partial charge in [0.1, 0.15) is 0 Å². The zero-order valence-electron chi connectivity index (χ0n) is 11.3. The van der Waals surface area contributed by atoms with Crippen molar-refractivity contribution < 1.29 is 0 Å². The smallest absolute Gasteiger partial charge is 0.0533 e. The summed E-state index contributed by atoms with van der Waals surface area (Å²) in [6.45, 7) is 3.01. The molecule has 0 amide bonds. The standard InChI is InChI=1S/C16H21N3/c1-2-8-16-14(5-1)6-3-7-15(16)13-17-10-12-19-11-4-9-18-19/h1-2,4-5,8-9,11,15,17H,3,6-7,10,12-13H2. The molecule has 0 radical (unpaired) electrons. The molecule has 3 nitrogen and oxygen atoms in total. The summed E-state index contributed by atoms with van der Waals surface area (Å²) in [5.74, 6) is 0.683. The van der Waals surface area contributed by atoms with Gasteiger partial charge in [-0.25, -0.2) is 0 Å². The van der Waals surface area contributed by atoms with E-state index in [1.54, 1.807) is 11.1 Å². The fraction of sp³-hybridized carbons (Fsp3) is 0.438. The van der Waals surface area contributed by atoms with Gasteiger partial charge in [0.2, 0.25) is 0 Å². The highest BCUT2D eigenvalue weighted by Gasteiger charge is 2.18. The zero-order chi connectivity index (χ0) is 12.9. The average Bonchev–Trinajstić information content (AvgIpc) is 2.97. The third-order valence-corrected chi connectivity index (χ3v) is 3.96. The minimum absolute atomic E-state index is 0.683. The minimum atomic E-state index is 0.683. The van der Waals surface area contributed by atoms with Crippen molar-refractivity contribution in [3.63, 3.8) is 0 Å². The number of aromatic nitrogens is 2. The van der Waals surface area contributed by atoms with Crippen LogP contribution in [-0.2, 0) is 13.0 Å². The summed E-state index contributed by atoms with van der Waals surface area (Å²) in [6.07, 6.45) is 7.73. The molecule has 1 N–H and O–H groups in total. The Kier molecular flexibility index (Phi) is 3.94. The number of benzene rings is 1. The Labute approximate surface area is 114 Å². The molecule has 1 aliphatic rings. The fourth-order valence-electron chi connectivity index (χ4n) is 2.97. The molecule has 3 rings (SSSR count). The van der Waals surface area contributed by atoms with Crippen LogP contribution in [0.25, 0.3) is 0 Å². The maximum atomic E-state index is 4.21. The summed E-state index contributed by atoms with van der Waals surface area (Å²) in [7, 11) is 0. The summed E-state index contributed by atoms with van der Waals surface area (Å²) in [5.41, 5.74) is 3.10. The lowest BCUT2D eigenvalue weighted by atomic mass is 9.83. The van der Waals surface area contributed by atoms with Crippen molar-refractivity contribution in [2.45, 2.75) is 31.7 Å². The highest BCUT2D eigenvalue weighted by Crippen LogP contribution is 2.30. The van der Waals surface area contributed by atoms with E-state index in [0.29, 0.717) is 5.92 Å². The van der Waals surface area contributed by atoms with Gasteiger partial charge in [-0.3, -0.25) is 4.68 Å². The monoisotopic (exact) mass is 255 g/mol. The maximum absolute atomic E-state index is 4.21. The highest BCUT2D eigenvalue weighted by atomic mass is 15.3. The van der Waals surface area contributed by atoms with Gasteiger partial charge in [0, 0.05) is 25.5 Å². The first kappa shape index (κ1) is 12.4. The van der Waals surface area contributed by atoms with E-state index in [4.69, 9.17) is 0 Å². The lowest BCUT2D eigenvalue weighted by Gasteiger charge is -2.25. The van der Waals surface area contributed by atoms with Crippen LogP contribution in [0.2, 0.25) is 0 Å². The van der Waals surface area contributed by atoms with Crippen LogP contribution in [0.5, 0.6) is 0 Å². The van der Waals surface area contributed by atoms with E-state index in [1.807, 2.05) is 23.1 Å². The van der Waals surface area contributed by atoms with Crippen LogP contribution in [-0.4, -0.2) is 22.9 Å². The number of nitrogens with one attached hydrogen (secondary N) is 1. The quantitative estimate of drug-likeness (QED) is 0.832.